The summed E-state index contributed by atoms with van der Waals surface area (Å²) in [7, 11) is 1.56. The number of urea groups is 1. The lowest BCUT2D eigenvalue weighted by Crippen LogP contribution is -2.32. The molecule has 1 aromatic heterocycles. The Morgan fingerprint density at radius 3 is 2.39 bits per heavy atom. The molecule has 9 nitrogen and oxygen atoms in total. The summed E-state index contributed by atoms with van der Waals surface area (Å²) in [4.78, 5) is 14.9. The Kier molecular flexibility index (Phi) is 7.20. The topological polar surface area (TPSA) is 114 Å². The van der Waals surface area contributed by atoms with Gasteiger partial charge in [0.2, 0.25) is 0 Å². The molecule has 1 heterocycles. The Labute approximate surface area is 176 Å². The van der Waals surface area contributed by atoms with Gasteiger partial charge in [-0.3, -0.25) is 0 Å². The van der Waals surface area contributed by atoms with Crippen LogP contribution in [0, 0.1) is 0 Å². The Morgan fingerprint density at radius 2 is 1.77 bits per heavy atom. The number of primary amides is 1. The van der Waals surface area contributed by atoms with E-state index < -0.39 is 19.1 Å². The van der Waals surface area contributed by atoms with Crippen molar-refractivity contribution >= 4 is 6.03 Å². The number of methoxy groups -OCH3 is 1. The molecule has 0 fully saturated rings. The summed E-state index contributed by atoms with van der Waals surface area (Å²) in [5, 5.41) is 6.64. The van der Waals surface area contributed by atoms with Crippen LogP contribution in [0.5, 0.6) is 17.5 Å². The van der Waals surface area contributed by atoms with Crippen molar-refractivity contribution in [3.63, 3.8) is 0 Å². The summed E-state index contributed by atoms with van der Waals surface area (Å²) in [5.74, 6) is 1.63. The zero-order valence-electron chi connectivity index (χ0n) is 16.6. The fourth-order valence-corrected chi connectivity index (χ4v) is 2.63. The second-order valence-electron chi connectivity index (χ2n) is 6.19. The molecule has 2 amide bonds. The van der Waals surface area contributed by atoms with Crippen molar-refractivity contribution in [2.24, 2.45) is 5.73 Å². The number of benzene rings is 2. The van der Waals surface area contributed by atoms with Crippen LogP contribution in [0.2, 0.25) is 0 Å². The van der Waals surface area contributed by atoms with Crippen LogP contribution in [-0.2, 0) is 0 Å². The van der Waals surface area contributed by atoms with Crippen LogP contribution in [-0.4, -0.2) is 54.1 Å². The largest absolute Gasteiger partial charge is 0.497 e. The van der Waals surface area contributed by atoms with Gasteiger partial charge in [-0.05, 0) is 48.5 Å². The molecule has 164 valence electrons. The van der Waals surface area contributed by atoms with Gasteiger partial charge in [-0.15, -0.1) is 5.10 Å². The van der Waals surface area contributed by atoms with E-state index in [9.17, 15) is 13.6 Å². The fraction of sp³-hybridized carbons (Fsp3) is 0.250. The minimum absolute atomic E-state index is 0.163. The van der Waals surface area contributed by atoms with Gasteiger partial charge in [0.05, 0.1) is 19.3 Å². The molecule has 3 aromatic rings. The third kappa shape index (κ3) is 6.04. The predicted octanol–water partition coefficient (Wildman–Crippen LogP) is 2.63. The second-order valence-corrected chi connectivity index (χ2v) is 6.19. The summed E-state index contributed by atoms with van der Waals surface area (Å²) in [5.41, 5.74) is 6.31. The third-order valence-corrected chi connectivity index (χ3v) is 4.03. The Bertz CT molecular complexity index is 994. The molecule has 31 heavy (non-hydrogen) atoms. The highest BCUT2D eigenvalue weighted by molar-refractivity contribution is 5.71. The molecule has 0 saturated heterocycles. The molecule has 2 aromatic carbocycles. The summed E-state index contributed by atoms with van der Waals surface area (Å²) in [6.07, 6.45) is -2.64. The van der Waals surface area contributed by atoms with Crippen molar-refractivity contribution in [1.82, 2.24) is 20.1 Å². The number of amides is 2. The van der Waals surface area contributed by atoms with Crippen LogP contribution in [0.15, 0.2) is 48.5 Å². The SMILES string of the molecule is COc1ccc(-n2nc(OCC(F)F)nc2-c2ccc(OCCNC(N)=O)cc2)cc1. The number of ether oxygens (including phenoxy) is 3. The van der Waals surface area contributed by atoms with Crippen LogP contribution < -0.4 is 25.3 Å². The maximum atomic E-state index is 12.5. The number of hydrogen-bond acceptors (Lipinski definition) is 6. The first-order valence-electron chi connectivity index (χ1n) is 9.25. The zero-order chi connectivity index (χ0) is 22.2. The number of carbonyl (C=O) groups excluding carboxylic acids is 1. The van der Waals surface area contributed by atoms with Crippen LogP contribution in [0.3, 0.4) is 0 Å². The van der Waals surface area contributed by atoms with E-state index in [1.165, 1.54) is 4.68 Å². The fourth-order valence-electron chi connectivity index (χ4n) is 2.63. The molecule has 0 saturated carbocycles. The van der Waals surface area contributed by atoms with Crippen molar-refractivity contribution < 1.29 is 27.8 Å². The molecule has 3 N–H and O–H groups in total. The highest BCUT2D eigenvalue weighted by atomic mass is 19.3. The van der Waals surface area contributed by atoms with Gasteiger partial charge >= 0.3 is 12.0 Å². The van der Waals surface area contributed by atoms with E-state index in [1.807, 2.05) is 0 Å². The molecule has 0 atom stereocenters. The third-order valence-electron chi connectivity index (χ3n) is 4.03. The number of hydrogen-bond donors (Lipinski definition) is 2. The standard InChI is InChI=1S/C20H21F2N5O4/c1-29-15-8-4-14(5-9-15)27-18(25-20(26-27)31-12-17(21)22)13-2-6-16(7-3-13)30-11-10-24-19(23)28/h2-9,17H,10-12H2,1H3,(H3,23,24,28). The number of nitrogens with one attached hydrogen (secondary N) is 1. The van der Waals surface area contributed by atoms with Crippen LogP contribution in [0.1, 0.15) is 0 Å². The molecular formula is C20H21F2N5O4. The zero-order valence-corrected chi connectivity index (χ0v) is 16.6. The minimum Gasteiger partial charge on any atom is -0.497 e. The van der Waals surface area contributed by atoms with Crippen LogP contribution >= 0.6 is 0 Å². The van der Waals surface area contributed by atoms with Gasteiger partial charge in [0.1, 0.15) is 18.1 Å². The van der Waals surface area contributed by atoms with E-state index in [0.717, 1.165) is 0 Å². The lowest BCUT2D eigenvalue weighted by molar-refractivity contribution is 0.0771. The monoisotopic (exact) mass is 433 g/mol. The number of carbonyl (C=O) groups is 1. The first kappa shape index (κ1) is 21.8. The van der Waals surface area contributed by atoms with E-state index in [1.54, 1.807) is 55.6 Å². The van der Waals surface area contributed by atoms with Crippen molar-refractivity contribution in [2.75, 3.05) is 26.9 Å². The molecule has 0 aliphatic rings. The van der Waals surface area contributed by atoms with Gasteiger partial charge in [-0.2, -0.15) is 4.98 Å². The minimum atomic E-state index is -2.64. The average Bonchev–Trinajstić information content (AvgIpc) is 3.20. The molecule has 0 aliphatic heterocycles. The highest BCUT2D eigenvalue weighted by Crippen LogP contribution is 2.26. The maximum Gasteiger partial charge on any atom is 0.336 e. The van der Waals surface area contributed by atoms with Crippen LogP contribution in [0.4, 0.5) is 13.6 Å². The van der Waals surface area contributed by atoms with Gasteiger partial charge in [0.15, 0.2) is 12.4 Å². The quantitative estimate of drug-likeness (QED) is 0.475. The lowest BCUT2D eigenvalue weighted by Gasteiger charge is -2.09. The van der Waals surface area contributed by atoms with Crippen molar-refractivity contribution in [3.05, 3.63) is 48.5 Å². The van der Waals surface area contributed by atoms with Gasteiger partial charge < -0.3 is 25.3 Å². The molecule has 0 aliphatic carbocycles. The first-order chi connectivity index (χ1) is 15.0. The number of halogens is 2. The Hall–Kier alpha value is -3.89. The molecule has 0 spiro atoms. The number of aromatic nitrogens is 3. The molecule has 0 unspecified atom stereocenters. The molecule has 0 bridgehead atoms. The van der Waals surface area contributed by atoms with Gasteiger partial charge in [0.25, 0.3) is 6.43 Å². The molecule has 11 heteroatoms. The van der Waals surface area contributed by atoms with Crippen molar-refractivity contribution in [3.8, 4) is 34.6 Å². The first-order valence-corrected chi connectivity index (χ1v) is 9.25. The number of alkyl halides is 2. The predicted molar refractivity (Wildman–Crippen MR) is 108 cm³/mol. The summed E-state index contributed by atoms with van der Waals surface area (Å²) < 4.78 is 42.2. The lowest BCUT2D eigenvalue weighted by atomic mass is 10.2. The number of nitrogens with zero attached hydrogens (tertiary/aromatic N) is 3. The van der Waals surface area contributed by atoms with Gasteiger partial charge in [-0.25, -0.2) is 18.3 Å². The van der Waals surface area contributed by atoms with E-state index in [4.69, 9.17) is 19.9 Å². The molecular weight excluding hydrogens is 412 g/mol. The summed E-state index contributed by atoms with van der Waals surface area (Å²) in [6.45, 7) is -0.290. The normalized spacial score (nSPS) is 10.7. The maximum absolute atomic E-state index is 12.5. The summed E-state index contributed by atoms with van der Waals surface area (Å²) in [6, 6.07) is 13.2. The van der Waals surface area contributed by atoms with E-state index in [-0.39, 0.29) is 19.2 Å². The Morgan fingerprint density at radius 1 is 1.10 bits per heavy atom. The van der Waals surface area contributed by atoms with Crippen molar-refractivity contribution in [2.45, 2.75) is 6.43 Å². The van der Waals surface area contributed by atoms with Gasteiger partial charge in [-0.1, -0.05) is 0 Å². The van der Waals surface area contributed by atoms with Crippen molar-refractivity contribution in [1.29, 1.82) is 0 Å². The second kappa shape index (κ2) is 10.2. The number of rotatable bonds is 10. The Balaban J connectivity index is 1.83. The number of nitrogens with two attached hydrogens (primary N) is 1. The van der Waals surface area contributed by atoms with Crippen LogP contribution in [0.25, 0.3) is 17.1 Å². The van der Waals surface area contributed by atoms with Gasteiger partial charge in [0, 0.05) is 5.56 Å². The summed E-state index contributed by atoms with van der Waals surface area (Å²) >= 11 is 0. The average molecular weight is 433 g/mol. The van der Waals surface area contributed by atoms with E-state index >= 15 is 0 Å². The molecule has 3 rings (SSSR count). The van der Waals surface area contributed by atoms with E-state index in [0.29, 0.717) is 28.6 Å². The highest BCUT2D eigenvalue weighted by Gasteiger charge is 2.16. The van der Waals surface area contributed by atoms with E-state index in [2.05, 4.69) is 15.4 Å². The smallest absolute Gasteiger partial charge is 0.336 e. The molecule has 0 radical (unpaired) electrons.